The third kappa shape index (κ3) is 5.06. The SMILES string of the molecule is COc1cc2c(C(=O)C(F)(F)F)cn(CC(C)NCC(=O)N3CCC[C@H]3C#N)c2cc1OC. The summed E-state index contributed by atoms with van der Waals surface area (Å²) >= 11 is 0. The maximum absolute atomic E-state index is 13.2. The van der Waals surface area contributed by atoms with E-state index in [-0.39, 0.29) is 36.2 Å². The van der Waals surface area contributed by atoms with Crippen molar-refractivity contribution >= 4 is 22.6 Å². The van der Waals surface area contributed by atoms with Crippen molar-refractivity contribution in [1.29, 1.82) is 5.26 Å². The quantitative estimate of drug-likeness (QED) is 0.601. The van der Waals surface area contributed by atoms with Crippen LogP contribution in [0.25, 0.3) is 10.9 Å². The number of likely N-dealkylation sites (tertiary alicyclic amines) is 1. The number of nitrogens with one attached hydrogen (secondary N) is 1. The number of nitrogens with zero attached hydrogens (tertiary/aromatic N) is 3. The van der Waals surface area contributed by atoms with Gasteiger partial charge in [0, 0.05) is 36.8 Å². The molecule has 0 saturated carbocycles. The number of aromatic nitrogens is 1. The van der Waals surface area contributed by atoms with E-state index in [2.05, 4.69) is 11.4 Å². The van der Waals surface area contributed by atoms with E-state index in [9.17, 15) is 22.8 Å². The molecule has 1 aliphatic rings. The largest absolute Gasteiger partial charge is 0.493 e. The molecule has 1 aromatic carbocycles. The lowest BCUT2D eigenvalue weighted by atomic mass is 10.1. The molecule has 2 atom stereocenters. The second-order valence-corrected chi connectivity index (χ2v) is 7.90. The van der Waals surface area contributed by atoms with E-state index < -0.39 is 23.6 Å². The molecule has 1 unspecified atom stereocenters. The molecule has 1 N–H and O–H groups in total. The summed E-state index contributed by atoms with van der Waals surface area (Å²) in [5.74, 6) is -1.65. The van der Waals surface area contributed by atoms with Crippen LogP contribution in [0.3, 0.4) is 0 Å². The van der Waals surface area contributed by atoms with Crippen molar-refractivity contribution in [2.45, 2.75) is 44.6 Å². The summed E-state index contributed by atoms with van der Waals surface area (Å²) in [6.07, 6.45) is -2.45. The Balaban J connectivity index is 1.85. The summed E-state index contributed by atoms with van der Waals surface area (Å²) in [6.45, 7) is 2.48. The number of carbonyl (C=O) groups is 2. The number of ether oxygens (including phenoxy) is 2. The number of hydrogen-bond donors (Lipinski definition) is 1. The van der Waals surface area contributed by atoms with Gasteiger partial charge in [-0.25, -0.2) is 0 Å². The van der Waals surface area contributed by atoms with Gasteiger partial charge in [0.1, 0.15) is 6.04 Å². The van der Waals surface area contributed by atoms with E-state index in [4.69, 9.17) is 14.7 Å². The molecule has 1 aliphatic heterocycles. The fraction of sp³-hybridized carbons (Fsp3) is 0.500. The van der Waals surface area contributed by atoms with Gasteiger partial charge in [0.15, 0.2) is 11.5 Å². The molecular formula is C22H25F3N4O4. The second kappa shape index (κ2) is 9.70. The Morgan fingerprint density at radius 3 is 2.55 bits per heavy atom. The van der Waals surface area contributed by atoms with Crippen molar-refractivity contribution in [3.8, 4) is 17.6 Å². The number of rotatable bonds is 8. The lowest BCUT2D eigenvalue weighted by Crippen LogP contribution is -2.43. The topological polar surface area (TPSA) is 96.6 Å². The molecule has 2 aromatic rings. The van der Waals surface area contributed by atoms with Crippen molar-refractivity contribution in [3.05, 3.63) is 23.9 Å². The van der Waals surface area contributed by atoms with Gasteiger partial charge in [0.05, 0.1) is 37.9 Å². The molecule has 0 radical (unpaired) electrons. The number of fused-ring (bicyclic) bond motifs is 1. The number of nitriles is 1. The van der Waals surface area contributed by atoms with Crippen LogP contribution in [0.2, 0.25) is 0 Å². The average Bonchev–Trinajstić information content (AvgIpc) is 3.39. The lowest BCUT2D eigenvalue weighted by molar-refractivity contribution is -0.130. The molecule has 0 bridgehead atoms. The van der Waals surface area contributed by atoms with Gasteiger partial charge in [-0.05, 0) is 25.8 Å². The zero-order valence-corrected chi connectivity index (χ0v) is 18.5. The van der Waals surface area contributed by atoms with Crippen LogP contribution >= 0.6 is 0 Å². The maximum atomic E-state index is 13.2. The highest BCUT2D eigenvalue weighted by Gasteiger charge is 2.41. The minimum atomic E-state index is -5.03. The Kier molecular flexibility index (Phi) is 7.17. The van der Waals surface area contributed by atoms with E-state index in [1.165, 1.54) is 35.8 Å². The lowest BCUT2D eigenvalue weighted by Gasteiger charge is -2.22. The number of benzene rings is 1. The Morgan fingerprint density at radius 2 is 1.94 bits per heavy atom. The van der Waals surface area contributed by atoms with Gasteiger partial charge in [-0.1, -0.05) is 0 Å². The Hall–Kier alpha value is -3.26. The number of ketones is 1. The minimum absolute atomic E-state index is 0.00989. The first kappa shape index (κ1) is 24.4. The van der Waals surface area contributed by atoms with Crippen molar-refractivity contribution in [2.24, 2.45) is 0 Å². The normalized spacial score (nSPS) is 17.1. The van der Waals surface area contributed by atoms with Crippen LogP contribution < -0.4 is 14.8 Å². The third-order valence-electron chi connectivity index (χ3n) is 5.68. The number of Topliss-reactive ketones (excluding diaryl/α,β-unsaturated/α-hetero) is 1. The van der Waals surface area contributed by atoms with Crippen molar-refractivity contribution in [3.63, 3.8) is 0 Å². The summed E-state index contributed by atoms with van der Waals surface area (Å²) in [7, 11) is 2.76. The molecule has 33 heavy (non-hydrogen) atoms. The molecule has 11 heteroatoms. The van der Waals surface area contributed by atoms with E-state index in [0.29, 0.717) is 24.2 Å². The van der Waals surface area contributed by atoms with E-state index in [1.807, 2.05) is 0 Å². The fourth-order valence-corrected chi connectivity index (χ4v) is 4.02. The summed E-state index contributed by atoms with van der Waals surface area (Å²) in [4.78, 5) is 26.0. The molecule has 2 heterocycles. The number of amides is 1. The van der Waals surface area contributed by atoms with Crippen LogP contribution in [0.4, 0.5) is 13.2 Å². The molecule has 1 saturated heterocycles. The average molecular weight is 466 g/mol. The highest BCUT2D eigenvalue weighted by Crippen LogP contribution is 2.36. The summed E-state index contributed by atoms with van der Waals surface area (Å²) in [5, 5.41) is 12.3. The zero-order chi connectivity index (χ0) is 24.3. The van der Waals surface area contributed by atoms with Crippen LogP contribution in [0, 0.1) is 11.3 Å². The van der Waals surface area contributed by atoms with Gasteiger partial charge in [0.25, 0.3) is 5.78 Å². The second-order valence-electron chi connectivity index (χ2n) is 7.90. The van der Waals surface area contributed by atoms with Gasteiger partial charge in [-0.3, -0.25) is 9.59 Å². The minimum Gasteiger partial charge on any atom is -0.493 e. The first-order valence-corrected chi connectivity index (χ1v) is 10.4. The summed E-state index contributed by atoms with van der Waals surface area (Å²) in [6, 6.07) is 4.22. The molecule has 0 spiro atoms. The highest BCUT2D eigenvalue weighted by molar-refractivity contribution is 6.11. The maximum Gasteiger partial charge on any atom is 0.454 e. The summed E-state index contributed by atoms with van der Waals surface area (Å²) in [5.41, 5.74) is -0.125. The first-order chi connectivity index (χ1) is 15.6. The zero-order valence-electron chi connectivity index (χ0n) is 18.5. The molecular weight excluding hydrogens is 441 g/mol. The van der Waals surface area contributed by atoms with Crippen molar-refractivity contribution < 1.29 is 32.2 Å². The molecule has 1 fully saturated rings. The van der Waals surface area contributed by atoms with Gasteiger partial charge in [0.2, 0.25) is 5.91 Å². The number of alkyl halides is 3. The summed E-state index contributed by atoms with van der Waals surface area (Å²) < 4.78 is 51.5. The number of methoxy groups -OCH3 is 2. The molecule has 1 aromatic heterocycles. The highest BCUT2D eigenvalue weighted by atomic mass is 19.4. The molecule has 0 aliphatic carbocycles. The van der Waals surface area contributed by atoms with Gasteiger partial charge >= 0.3 is 6.18 Å². The number of hydrogen-bond acceptors (Lipinski definition) is 6. The van der Waals surface area contributed by atoms with Crippen LogP contribution in [0.15, 0.2) is 18.3 Å². The smallest absolute Gasteiger partial charge is 0.454 e. The molecule has 178 valence electrons. The number of carbonyl (C=O) groups excluding carboxylic acids is 2. The number of halogens is 3. The molecule has 1 amide bonds. The first-order valence-electron chi connectivity index (χ1n) is 10.4. The van der Waals surface area contributed by atoms with Crippen LogP contribution in [0.5, 0.6) is 11.5 Å². The predicted molar refractivity (Wildman–Crippen MR) is 113 cm³/mol. The Morgan fingerprint density at radius 1 is 1.27 bits per heavy atom. The van der Waals surface area contributed by atoms with Gasteiger partial charge in [-0.15, -0.1) is 0 Å². The monoisotopic (exact) mass is 466 g/mol. The molecule has 3 rings (SSSR count). The van der Waals surface area contributed by atoms with E-state index in [1.54, 1.807) is 6.92 Å². The fourth-order valence-electron chi connectivity index (χ4n) is 4.02. The van der Waals surface area contributed by atoms with E-state index >= 15 is 0 Å². The predicted octanol–water partition coefficient (Wildman–Crippen LogP) is 2.90. The Labute approximate surface area is 188 Å². The van der Waals surface area contributed by atoms with Crippen molar-refractivity contribution in [2.75, 3.05) is 27.3 Å². The third-order valence-corrected chi connectivity index (χ3v) is 5.68. The van der Waals surface area contributed by atoms with Crippen LogP contribution in [-0.4, -0.2) is 66.7 Å². The van der Waals surface area contributed by atoms with Gasteiger partial charge < -0.3 is 24.3 Å². The van der Waals surface area contributed by atoms with Crippen molar-refractivity contribution in [1.82, 2.24) is 14.8 Å². The van der Waals surface area contributed by atoms with Gasteiger partial charge in [-0.2, -0.15) is 18.4 Å². The standard InChI is InChI=1S/C22H25F3N4O4/c1-13(27-10-20(30)29-6-4-5-14(29)9-26)11-28-12-16(21(31)22(23,24)25)15-7-18(32-2)19(33-3)8-17(15)28/h7-8,12-14,27H,4-6,10-11H2,1-3H3/t13?,14-/m0/s1. The van der Waals surface area contributed by atoms with E-state index in [0.717, 1.165) is 12.6 Å². The van der Waals surface area contributed by atoms with Crippen LogP contribution in [-0.2, 0) is 11.3 Å². The van der Waals surface area contributed by atoms with Crippen LogP contribution in [0.1, 0.15) is 30.1 Å². The molecule has 8 nitrogen and oxygen atoms in total. The Bertz CT molecular complexity index is 1090.